The first-order valence-corrected chi connectivity index (χ1v) is 8.19. The highest BCUT2D eigenvalue weighted by Crippen LogP contribution is 2.62. The van der Waals surface area contributed by atoms with Gasteiger partial charge in [0.25, 0.3) is 0 Å². The van der Waals surface area contributed by atoms with Gasteiger partial charge >= 0.3 is 11.9 Å². The van der Waals surface area contributed by atoms with Crippen molar-refractivity contribution in [3.8, 4) is 0 Å². The first-order chi connectivity index (χ1) is 11.1. The Balaban J connectivity index is 1.99. The van der Waals surface area contributed by atoms with Gasteiger partial charge in [-0.05, 0) is 25.5 Å². The zero-order valence-corrected chi connectivity index (χ0v) is 14.0. The molecule has 128 valence electrons. The summed E-state index contributed by atoms with van der Waals surface area (Å²) in [5.41, 5.74) is -1.09. The van der Waals surface area contributed by atoms with E-state index in [1.54, 1.807) is 20.8 Å². The summed E-state index contributed by atoms with van der Waals surface area (Å²) in [6.07, 6.45) is 1.05. The minimum Gasteiger partial charge on any atom is -0.459 e. The van der Waals surface area contributed by atoms with Crippen LogP contribution in [0, 0.1) is 23.2 Å². The predicted molar refractivity (Wildman–Crippen MR) is 81.5 cm³/mol. The molecule has 1 saturated heterocycles. The molecule has 0 spiro atoms. The molecule has 0 amide bonds. The molecule has 0 aromatic rings. The number of esters is 2. The summed E-state index contributed by atoms with van der Waals surface area (Å²) in [4.78, 5) is 37.4. The molecule has 24 heavy (non-hydrogen) atoms. The highest BCUT2D eigenvalue weighted by atomic mass is 16.6. The van der Waals surface area contributed by atoms with Crippen molar-refractivity contribution in [1.29, 1.82) is 0 Å². The van der Waals surface area contributed by atoms with Gasteiger partial charge in [0.1, 0.15) is 11.7 Å². The van der Waals surface area contributed by atoms with Crippen LogP contribution in [-0.4, -0.2) is 40.6 Å². The normalized spacial score (nSPS) is 49.5. The van der Waals surface area contributed by atoms with Gasteiger partial charge in [-0.25, -0.2) is 4.79 Å². The third-order valence-corrected chi connectivity index (χ3v) is 6.53. The van der Waals surface area contributed by atoms with E-state index in [-0.39, 0.29) is 11.7 Å². The van der Waals surface area contributed by atoms with Crippen molar-refractivity contribution in [2.45, 2.75) is 45.5 Å². The van der Waals surface area contributed by atoms with Gasteiger partial charge in [-0.15, -0.1) is 0 Å². The van der Waals surface area contributed by atoms with Crippen LogP contribution in [0.2, 0.25) is 0 Å². The van der Waals surface area contributed by atoms with E-state index < -0.39 is 47.0 Å². The van der Waals surface area contributed by atoms with Gasteiger partial charge in [-0.3, -0.25) is 9.59 Å². The zero-order valence-electron chi connectivity index (χ0n) is 14.0. The topological polar surface area (TPSA) is 89.9 Å². The Labute approximate surface area is 139 Å². The number of ether oxygens (including phenoxy) is 2. The standard InChI is InChI=1S/C18H20O6/c1-7-5-11(20)24-18(4)9(7)6-10(19)17(3)12-8(2)14(23-16(12)22)13(21)15(17)18/h5-6,8,12-15,21H,1-4H3. The molecule has 7 atom stereocenters. The summed E-state index contributed by atoms with van der Waals surface area (Å²) in [7, 11) is 0. The van der Waals surface area contributed by atoms with Crippen molar-refractivity contribution < 1.29 is 29.0 Å². The van der Waals surface area contributed by atoms with Gasteiger partial charge in [0, 0.05) is 23.5 Å². The summed E-state index contributed by atoms with van der Waals surface area (Å²) < 4.78 is 11.0. The Kier molecular flexibility index (Phi) is 2.83. The van der Waals surface area contributed by atoms with Crippen molar-refractivity contribution in [1.82, 2.24) is 0 Å². The number of carbonyl (C=O) groups excluding carboxylic acids is 3. The van der Waals surface area contributed by atoms with Crippen LogP contribution in [-0.2, 0) is 23.9 Å². The predicted octanol–water partition coefficient (Wildman–Crippen LogP) is 0.932. The average molecular weight is 332 g/mol. The van der Waals surface area contributed by atoms with Crippen LogP contribution < -0.4 is 0 Å². The Bertz CT molecular complexity index is 749. The number of carbonyl (C=O) groups is 3. The third-order valence-electron chi connectivity index (χ3n) is 6.53. The molecular weight excluding hydrogens is 312 g/mol. The quantitative estimate of drug-likeness (QED) is 0.664. The Morgan fingerprint density at radius 3 is 2.50 bits per heavy atom. The van der Waals surface area contributed by atoms with E-state index in [1.165, 1.54) is 12.2 Å². The van der Waals surface area contributed by atoms with Crippen LogP contribution in [0.3, 0.4) is 0 Å². The number of aliphatic hydroxyl groups excluding tert-OH is 1. The summed E-state index contributed by atoms with van der Waals surface area (Å²) >= 11 is 0. The smallest absolute Gasteiger partial charge is 0.331 e. The van der Waals surface area contributed by atoms with Crippen molar-refractivity contribution >= 4 is 17.7 Å². The van der Waals surface area contributed by atoms with Crippen LogP contribution in [0.25, 0.3) is 0 Å². The molecule has 0 radical (unpaired) electrons. The molecule has 6 nitrogen and oxygen atoms in total. The molecule has 6 heteroatoms. The van der Waals surface area contributed by atoms with Crippen LogP contribution in [0.1, 0.15) is 27.7 Å². The number of fused-ring (bicyclic) bond motifs is 6. The van der Waals surface area contributed by atoms with Crippen LogP contribution in [0.15, 0.2) is 23.3 Å². The Hall–Kier alpha value is -1.95. The van der Waals surface area contributed by atoms with Crippen LogP contribution in [0.4, 0.5) is 0 Å². The zero-order chi connectivity index (χ0) is 17.6. The lowest BCUT2D eigenvalue weighted by molar-refractivity contribution is -0.195. The summed E-state index contributed by atoms with van der Waals surface area (Å²) in [5, 5.41) is 11.0. The summed E-state index contributed by atoms with van der Waals surface area (Å²) in [5.74, 6) is -2.84. The van der Waals surface area contributed by atoms with Crippen molar-refractivity contribution in [3.63, 3.8) is 0 Å². The van der Waals surface area contributed by atoms with Gasteiger partial charge in [0.2, 0.25) is 0 Å². The second-order valence-corrected chi connectivity index (χ2v) is 7.77. The number of hydrogen-bond donors (Lipinski definition) is 1. The number of rotatable bonds is 0. The number of hydrogen-bond acceptors (Lipinski definition) is 6. The fraction of sp³-hybridized carbons (Fsp3) is 0.611. The van der Waals surface area contributed by atoms with E-state index in [0.29, 0.717) is 11.1 Å². The largest absolute Gasteiger partial charge is 0.459 e. The lowest BCUT2D eigenvalue weighted by Crippen LogP contribution is -2.67. The number of allylic oxidation sites excluding steroid dienone is 1. The van der Waals surface area contributed by atoms with E-state index >= 15 is 0 Å². The van der Waals surface area contributed by atoms with Gasteiger partial charge in [0.15, 0.2) is 5.78 Å². The van der Waals surface area contributed by atoms with Crippen LogP contribution >= 0.6 is 0 Å². The Morgan fingerprint density at radius 1 is 1.17 bits per heavy atom. The number of aliphatic hydroxyl groups is 1. The average Bonchev–Trinajstić information content (AvgIpc) is 2.71. The van der Waals surface area contributed by atoms with Gasteiger partial charge in [0.05, 0.1) is 17.4 Å². The van der Waals surface area contributed by atoms with E-state index in [1.807, 2.05) is 6.92 Å². The maximum absolute atomic E-state index is 13.0. The van der Waals surface area contributed by atoms with E-state index in [4.69, 9.17) is 9.47 Å². The third kappa shape index (κ3) is 1.53. The molecule has 0 aromatic heterocycles. The summed E-state index contributed by atoms with van der Waals surface area (Å²) in [6, 6.07) is 0. The van der Waals surface area contributed by atoms with E-state index in [9.17, 15) is 19.5 Å². The van der Waals surface area contributed by atoms with E-state index in [0.717, 1.165) is 0 Å². The number of ketones is 1. The molecule has 7 unspecified atom stereocenters. The van der Waals surface area contributed by atoms with Crippen LogP contribution in [0.5, 0.6) is 0 Å². The molecule has 2 bridgehead atoms. The van der Waals surface area contributed by atoms with Gasteiger partial charge in [-0.2, -0.15) is 0 Å². The molecule has 2 fully saturated rings. The molecule has 2 aliphatic heterocycles. The monoisotopic (exact) mass is 332 g/mol. The lowest BCUT2D eigenvalue weighted by atomic mass is 9.47. The first kappa shape index (κ1) is 15.6. The second-order valence-electron chi connectivity index (χ2n) is 7.77. The highest BCUT2D eigenvalue weighted by Gasteiger charge is 2.72. The maximum atomic E-state index is 13.0. The van der Waals surface area contributed by atoms with E-state index in [2.05, 4.69) is 0 Å². The minimum atomic E-state index is -1.17. The molecule has 4 aliphatic rings. The van der Waals surface area contributed by atoms with Gasteiger partial charge in [-0.1, -0.05) is 13.8 Å². The molecule has 4 rings (SSSR count). The highest BCUT2D eigenvalue weighted by molar-refractivity contribution is 6.02. The van der Waals surface area contributed by atoms with Gasteiger partial charge < -0.3 is 14.6 Å². The molecule has 1 N–H and O–H groups in total. The molecular formula is C18H20O6. The lowest BCUT2D eigenvalue weighted by Gasteiger charge is -2.57. The molecule has 2 heterocycles. The van der Waals surface area contributed by atoms with Crippen molar-refractivity contribution in [2.75, 3.05) is 0 Å². The SMILES string of the molecule is CC1=CC(=O)OC2(C)C1=CC(=O)C1(C)C3C(=O)OC(C3C)C(O)C21. The first-order valence-electron chi connectivity index (χ1n) is 8.19. The van der Waals surface area contributed by atoms with Crippen molar-refractivity contribution in [3.05, 3.63) is 23.3 Å². The molecule has 1 saturated carbocycles. The summed E-state index contributed by atoms with van der Waals surface area (Å²) in [6.45, 7) is 6.96. The fourth-order valence-corrected chi connectivity index (χ4v) is 5.55. The fourth-order valence-electron chi connectivity index (χ4n) is 5.55. The maximum Gasteiger partial charge on any atom is 0.331 e. The molecule has 2 aliphatic carbocycles. The Morgan fingerprint density at radius 2 is 1.83 bits per heavy atom. The van der Waals surface area contributed by atoms with Crippen molar-refractivity contribution in [2.24, 2.45) is 23.2 Å². The second kappa shape index (κ2) is 4.36. The molecule has 0 aromatic carbocycles. The minimum absolute atomic E-state index is 0.223.